The molecule has 0 aliphatic heterocycles. The molecule has 0 fully saturated rings. The summed E-state index contributed by atoms with van der Waals surface area (Å²) in [5.74, 6) is 0.976. The monoisotopic (exact) mass is 414 g/mol. The van der Waals surface area contributed by atoms with Crippen LogP contribution in [0.25, 0.3) is 27.6 Å². The molecular formula is C20H12Cl2N2O2S. The Hall–Kier alpha value is -2.60. The van der Waals surface area contributed by atoms with E-state index < -0.39 is 0 Å². The fourth-order valence-corrected chi connectivity index (χ4v) is 3.78. The van der Waals surface area contributed by atoms with Crippen molar-refractivity contribution >= 4 is 61.9 Å². The van der Waals surface area contributed by atoms with Crippen LogP contribution in [0.1, 0.15) is 5.76 Å². The molecule has 4 aromatic rings. The molecule has 0 saturated carbocycles. The van der Waals surface area contributed by atoms with E-state index in [0.717, 1.165) is 10.3 Å². The van der Waals surface area contributed by atoms with Crippen LogP contribution in [-0.4, -0.2) is 10.9 Å². The number of furan rings is 1. The third kappa shape index (κ3) is 4.06. The molecule has 0 radical (unpaired) electrons. The maximum Gasteiger partial charge on any atom is 0.250 e. The number of fused-ring (bicyclic) bond motifs is 1. The number of hydrogen-bond donors (Lipinski definition) is 1. The lowest BCUT2D eigenvalue weighted by molar-refractivity contribution is -0.111. The maximum absolute atomic E-state index is 12.1. The van der Waals surface area contributed by atoms with Crippen molar-refractivity contribution in [2.75, 3.05) is 5.32 Å². The van der Waals surface area contributed by atoms with E-state index in [-0.39, 0.29) is 5.91 Å². The van der Waals surface area contributed by atoms with Crippen molar-refractivity contribution in [3.8, 4) is 11.3 Å². The van der Waals surface area contributed by atoms with Gasteiger partial charge in [0.2, 0.25) is 5.91 Å². The molecule has 0 saturated heterocycles. The molecule has 27 heavy (non-hydrogen) atoms. The molecule has 0 bridgehead atoms. The first-order valence-electron chi connectivity index (χ1n) is 7.98. The minimum absolute atomic E-state index is 0.297. The number of para-hydroxylation sites is 1. The van der Waals surface area contributed by atoms with Gasteiger partial charge in [-0.3, -0.25) is 10.1 Å². The Balaban J connectivity index is 1.45. The SMILES string of the molecule is O=C(C=Cc1ccc(-c2ccc(Cl)cc2)o1)Nc1nc2c(Cl)cccc2s1. The summed E-state index contributed by atoms with van der Waals surface area (Å²) in [6.45, 7) is 0. The molecule has 4 rings (SSSR count). The Labute approximate surface area is 169 Å². The highest BCUT2D eigenvalue weighted by Gasteiger charge is 2.09. The van der Waals surface area contributed by atoms with E-state index in [2.05, 4.69) is 10.3 Å². The summed E-state index contributed by atoms with van der Waals surface area (Å²) in [4.78, 5) is 16.5. The molecule has 0 aliphatic carbocycles. The van der Waals surface area contributed by atoms with E-state index in [1.165, 1.54) is 17.4 Å². The number of hydrogen-bond acceptors (Lipinski definition) is 4. The van der Waals surface area contributed by atoms with E-state index >= 15 is 0 Å². The molecule has 0 spiro atoms. The number of benzene rings is 2. The van der Waals surface area contributed by atoms with Crippen molar-refractivity contribution in [1.82, 2.24) is 4.98 Å². The standard InChI is InChI=1S/C20H12Cl2N2O2S/c21-13-6-4-12(5-7-13)16-10-8-14(26-16)9-11-18(25)23-20-24-19-15(22)2-1-3-17(19)27-20/h1-11H,(H,23,24,25). The number of halogens is 2. The largest absolute Gasteiger partial charge is 0.457 e. The molecule has 134 valence electrons. The molecule has 1 amide bonds. The second-order valence-corrected chi connectivity index (χ2v) is 7.51. The van der Waals surface area contributed by atoms with E-state index in [1.807, 2.05) is 30.3 Å². The average molecular weight is 415 g/mol. The molecule has 1 N–H and O–H groups in total. The number of carbonyl (C=O) groups is 1. The molecule has 7 heteroatoms. The van der Waals surface area contributed by atoms with Crippen molar-refractivity contribution < 1.29 is 9.21 Å². The van der Waals surface area contributed by atoms with E-state index in [4.69, 9.17) is 27.6 Å². The summed E-state index contributed by atoms with van der Waals surface area (Å²) >= 11 is 13.4. The number of rotatable bonds is 4. The van der Waals surface area contributed by atoms with Crippen LogP contribution >= 0.6 is 34.5 Å². The van der Waals surface area contributed by atoms with Gasteiger partial charge >= 0.3 is 0 Å². The van der Waals surface area contributed by atoms with Crippen molar-refractivity contribution in [2.45, 2.75) is 0 Å². The topological polar surface area (TPSA) is 55.1 Å². The molecule has 2 heterocycles. The lowest BCUT2D eigenvalue weighted by Crippen LogP contribution is -2.07. The first-order valence-corrected chi connectivity index (χ1v) is 9.55. The van der Waals surface area contributed by atoms with Crippen molar-refractivity contribution in [3.63, 3.8) is 0 Å². The number of amides is 1. The van der Waals surface area contributed by atoms with Gasteiger partial charge in [0.1, 0.15) is 17.0 Å². The van der Waals surface area contributed by atoms with Crippen LogP contribution in [0.15, 0.2) is 65.1 Å². The average Bonchev–Trinajstić information content (AvgIpc) is 3.28. The normalized spacial score (nSPS) is 11.3. The van der Waals surface area contributed by atoms with Gasteiger partial charge in [-0.05, 0) is 54.6 Å². The third-order valence-corrected chi connectivity index (χ3v) is 5.25. The molecule has 2 aromatic heterocycles. The second kappa shape index (κ2) is 7.56. The third-order valence-electron chi connectivity index (χ3n) is 3.75. The molecule has 0 unspecified atom stereocenters. The van der Waals surface area contributed by atoms with Gasteiger partial charge in [-0.15, -0.1) is 0 Å². The minimum Gasteiger partial charge on any atom is -0.457 e. The zero-order valence-electron chi connectivity index (χ0n) is 13.8. The summed E-state index contributed by atoms with van der Waals surface area (Å²) in [6.07, 6.45) is 3.01. The Morgan fingerprint density at radius 2 is 1.89 bits per heavy atom. The van der Waals surface area contributed by atoms with Crippen molar-refractivity contribution in [2.24, 2.45) is 0 Å². The molecular weight excluding hydrogens is 403 g/mol. The zero-order chi connectivity index (χ0) is 18.8. The highest BCUT2D eigenvalue weighted by molar-refractivity contribution is 7.22. The van der Waals surface area contributed by atoms with Gasteiger partial charge in [0.05, 0.1) is 9.72 Å². The first-order chi connectivity index (χ1) is 13.1. The zero-order valence-corrected chi connectivity index (χ0v) is 16.1. The van der Waals surface area contributed by atoms with Crippen LogP contribution in [0.5, 0.6) is 0 Å². The molecule has 2 aromatic carbocycles. The highest BCUT2D eigenvalue weighted by atomic mass is 35.5. The predicted octanol–water partition coefficient (Wildman–Crippen LogP) is 6.52. The fourth-order valence-electron chi connectivity index (χ4n) is 2.48. The number of anilines is 1. The van der Waals surface area contributed by atoms with Crippen LogP contribution in [0, 0.1) is 0 Å². The van der Waals surface area contributed by atoms with Gasteiger partial charge in [-0.25, -0.2) is 4.98 Å². The van der Waals surface area contributed by atoms with E-state index in [0.29, 0.717) is 32.2 Å². The van der Waals surface area contributed by atoms with E-state index in [1.54, 1.807) is 30.3 Å². The summed E-state index contributed by atoms with van der Waals surface area (Å²) in [5, 5.41) is 4.46. The number of thiazole rings is 1. The second-order valence-electron chi connectivity index (χ2n) is 5.64. The van der Waals surface area contributed by atoms with Crippen LogP contribution in [0.2, 0.25) is 10.0 Å². The summed E-state index contributed by atoms with van der Waals surface area (Å²) in [5.41, 5.74) is 1.59. The van der Waals surface area contributed by atoms with E-state index in [9.17, 15) is 4.79 Å². The van der Waals surface area contributed by atoms with Gasteiger partial charge in [-0.1, -0.05) is 40.6 Å². The quantitative estimate of drug-likeness (QED) is 0.387. The Morgan fingerprint density at radius 1 is 1.07 bits per heavy atom. The summed E-state index contributed by atoms with van der Waals surface area (Å²) in [7, 11) is 0. The van der Waals surface area contributed by atoms with Crippen molar-refractivity contribution in [3.05, 3.63) is 76.5 Å². The van der Waals surface area contributed by atoms with Gasteiger partial charge in [0.25, 0.3) is 0 Å². The highest BCUT2D eigenvalue weighted by Crippen LogP contribution is 2.30. The van der Waals surface area contributed by atoms with Crippen molar-refractivity contribution in [1.29, 1.82) is 0 Å². The summed E-state index contributed by atoms with van der Waals surface area (Å²) in [6, 6.07) is 16.5. The number of aromatic nitrogens is 1. The van der Waals surface area contributed by atoms with Gasteiger partial charge in [0.15, 0.2) is 5.13 Å². The Kier molecular flexibility index (Phi) is 4.99. The van der Waals surface area contributed by atoms with Gasteiger partial charge in [-0.2, -0.15) is 0 Å². The summed E-state index contributed by atoms with van der Waals surface area (Å²) < 4.78 is 6.65. The molecule has 4 nitrogen and oxygen atoms in total. The lowest BCUT2D eigenvalue weighted by atomic mass is 10.2. The number of nitrogens with zero attached hydrogens (tertiary/aromatic N) is 1. The molecule has 0 aliphatic rings. The number of carbonyl (C=O) groups excluding carboxylic acids is 1. The van der Waals surface area contributed by atoms with Gasteiger partial charge < -0.3 is 4.42 Å². The Morgan fingerprint density at radius 3 is 2.67 bits per heavy atom. The predicted molar refractivity (Wildman–Crippen MR) is 111 cm³/mol. The Bertz CT molecular complexity index is 1150. The van der Waals surface area contributed by atoms with Crippen LogP contribution in [-0.2, 0) is 4.79 Å². The molecule has 0 atom stereocenters. The minimum atomic E-state index is -0.297. The number of nitrogens with one attached hydrogen (secondary N) is 1. The van der Waals surface area contributed by atoms with Gasteiger partial charge in [0, 0.05) is 16.7 Å². The van der Waals surface area contributed by atoms with Crippen LogP contribution in [0.4, 0.5) is 5.13 Å². The lowest BCUT2D eigenvalue weighted by Gasteiger charge is -1.96. The maximum atomic E-state index is 12.1. The van der Waals surface area contributed by atoms with Crippen LogP contribution < -0.4 is 5.32 Å². The van der Waals surface area contributed by atoms with Crippen LogP contribution in [0.3, 0.4) is 0 Å². The fraction of sp³-hybridized carbons (Fsp3) is 0. The smallest absolute Gasteiger partial charge is 0.250 e. The first kappa shape index (κ1) is 17.8.